The summed E-state index contributed by atoms with van der Waals surface area (Å²) in [6.07, 6.45) is 8.22. The van der Waals surface area contributed by atoms with Crippen molar-refractivity contribution < 1.29 is 4.79 Å². The van der Waals surface area contributed by atoms with Crippen molar-refractivity contribution in [3.63, 3.8) is 0 Å². The Morgan fingerprint density at radius 2 is 1.88 bits per heavy atom. The maximum atomic E-state index is 12.7. The van der Waals surface area contributed by atoms with Gasteiger partial charge in [-0.15, -0.1) is 0 Å². The van der Waals surface area contributed by atoms with Gasteiger partial charge in [-0.3, -0.25) is 9.78 Å². The lowest BCUT2D eigenvalue weighted by Gasteiger charge is -2.31. The SMILES string of the molecule is O=C(CN(Cc1cccnc1)c1ccccc1)NC1CC2CCC(C1)N2. The summed E-state index contributed by atoms with van der Waals surface area (Å²) in [6.45, 7) is 1.03. The molecule has 2 aromatic rings. The molecule has 1 aromatic heterocycles. The summed E-state index contributed by atoms with van der Waals surface area (Å²) in [4.78, 5) is 19.0. The first-order chi connectivity index (χ1) is 12.8. The Morgan fingerprint density at radius 3 is 2.58 bits per heavy atom. The number of hydrogen-bond acceptors (Lipinski definition) is 4. The van der Waals surface area contributed by atoms with Gasteiger partial charge in [-0.2, -0.15) is 0 Å². The molecule has 0 aliphatic carbocycles. The van der Waals surface area contributed by atoms with Crippen LogP contribution < -0.4 is 15.5 Å². The van der Waals surface area contributed by atoms with Crippen molar-refractivity contribution in [1.82, 2.24) is 15.6 Å². The fourth-order valence-corrected chi connectivity index (χ4v) is 4.21. The summed E-state index contributed by atoms with van der Waals surface area (Å²) in [7, 11) is 0. The van der Waals surface area contributed by atoms with Crippen LogP contribution >= 0.6 is 0 Å². The second-order valence-electron chi connectivity index (χ2n) is 7.43. The number of piperidine rings is 1. The Balaban J connectivity index is 1.41. The molecule has 26 heavy (non-hydrogen) atoms. The van der Waals surface area contributed by atoms with Crippen LogP contribution in [0.2, 0.25) is 0 Å². The van der Waals surface area contributed by atoms with Crippen molar-refractivity contribution in [2.24, 2.45) is 0 Å². The van der Waals surface area contributed by atoms with Crippen molar-refractivity contribution in [1.29, 1.82) is 0 Å². The fraction of sp³-hybridized carbons (Fsp3) is 0.429. The van der Waals surface area contributed by atoms with E-state index in [9.17, 15) is 4.79 Å². The van der Waals surface area contributed by atoms with Crippen LogP contribution in [0.15, 0.2) is 54.9 Å². The van der Waals surface area contributed by atoms with Crippen molar-refractivity contribution in [2.75, 3.05) is 11.4 Å². The normalized spacial score (nSPS) is 24.2. The minimum atomic E-state index is 0.101. The van der Waals surface area contributed by atoms with E-state index >= 15 is 0 Å². The molecule has 2 unspecified atom stereocenters. The number of rotatable bonds is 6. The lowest BCUT2D eigenvalue weighted by atomic mass is 10.00. The van der Waals surface area contributed by atoms with Gasteiger partial charge in [0.25, 0.3) is 0 Å². The van der Waals surface area contributed by atoms with Crippen molar-refractivity contribution in [2.45, 2.75) is 50.4 Å². The van der Waals surface area contributed by atoms with Gasteiger partial charge in [0.05, 0.1) is 6.54 Å². The van der Waals surface area contributed by atoms with E-state index < -0.39 is 0 Å². The largest absolute Gasteiger partial charge is 0.358 e. The topological polar surface area (TPSA) is 57.3 Å². The highest BCUT2D eigenvalue weighted by Gasteiger charge is 2.34. The molecule has 0 radical (unpaired) electrons. The van der Waals surface area contributed by atoms with Crippen LogP contribution in [0, 0.1) is 0 Å². The number of amides is 1. The number of hydrogen-bond donors (Lipinski definition) is 2. The number of pyridine rings is 1. The predicted molar refractivity (Wildman–Crippen MR) is 103 cm³/mol. The third-order valence-electron chi connectivity index (χ3n) is 5.39. The molecule has 2 aliphatic rings. The zero-order valence-electron chi connectivity index (χ0n) is 15.0. The molecule has 5 heteroatoms. The standard InChI is InChI=1S/C21H26N4O/c26-21(24-19-11-17-8-9-18(12-19)23-17)15-25(20-6-2-1-3-7-20)14-16-5-4-10-22-13-16/h1-7,10,13,17-19,23H,8-9,11-12,14-15H2,(H,24,26). The van der Waals surface area contributed by atoms with E-state index in [0.29, 0.717) is 31.2 Å². The molecule has 2 saturated heterocycles. The van der Waals surface area contributed by atoms with Crippen LogP contribution in [-0.2, 0) is 11.3 Å². The van der Waals surface area contributed by atoms with E-state index in [1.807, 2.05) is 36.5 Å². The van der Waals surface area contributed by atoms with Gasteiger partial charge >= 0.3 is 0 Å². The monoisotopic (exact) mass is 350 g/mol. The first-order valence-electron chi connectivity index (χ1n) is 9.50. The lowest BCUT2D eigenvalue weighted by molar-refractivity contribution is -0.120. The second kappa shape index (κ2) is 7.87. The Kier molecular flexibility index (Phi) is 5.16. The number of nitrogens with one attached hydrogen (secondary N) is 2. The van der Waals surface area contributed by atoms with Gasteiger partial charge < -0.3 is 15.5 Å². The molecule has 1 aromatic carbocycles. The van der Waals surface area contributed by atoms with E-state index in [2.05, 4.69) is 32.7 Å². The summed E-state index contributed by atoms with van der Waals surface area (Å²) in [5, 5.41) is 6.89. The molecule has 2 aliphatic heterocycles. The third kappa shape index (κ3) is 4.22. The van der Waals surface area contributed by atoms with Gasteiger partial charge in [0, 0.05) is 42.8 Å². The van der Waals surface area contributed by atoms with Gasteiger partial charge in [-0.1, -0.05) is 24.3 Å². The summed E-state index contributed by atoms with van der Waals surface area (Å²) < 4.78 is 0. The van der Waals surface area contributed by atoms with E-state index in [1.165, 1.54) is 12.8 Å². The first-order valence-corrected chi connectivity index (χ1v) is 9.50. The van der Waals surface area contributed by atoms with E-state index in [-0.39, 0.29) is 5.91 Å². The van der Waals surface area contributed by atoms with Crippen LogP contribution in [-0.4, -0.2) is 35.6 Å². The number of fused-ring (bicyclic) bond motifs is 2. The van der Waals surface area contributed by atoms with Gasteiger partial charge in [-0.25, -0.2) is 0 Å². The lowest BCUT2D eigenvalue weighted by Crippen LogP contribution is -2.50. The fourth-order valence-electron chi connectivity index (χ4n) is 4.21. The summed E-state index contributed by atoms with van der Waals surface area (Å²) in [5.74, 6) is 0.101. The molecule has 2 fully saturated rings. The highest BCUT2D eigenvalue weighted by atomic mass is 16.2. The number of benzene rings is 1. The number of aromatic nitrogens is 1. The molecule has 1 amide bonds. The van der Waals surface area contributed by atoms with Crippen molar-refractivity contribution >= 4 is 11.6 Å². The highest BCUT2D eigenvalue weighted by Crippen LogP contribution is 2.26. The molecule has 2 N–H and O–H groups in total. The Morgan fingerprint density at radius 1 is 1.12 bits per heavy atom. The van der Waals surface area contributed by atoms with Crippen LogP contribution in [0.1, 0.15) is 31.2 Å². The molecule has 0 spiro atoms. The molecule has 0 saturated carbocycles. The summed E-state index contributed by atoms with van der Waals surface area (Å²) in [6, 6.07) is 15.6. The van der Waals surface area contributed by atoms with Gasteiger partial charge in [-0.05, 0) is 49.4 Å². The zero-order valence-corrected chi connectivity index (χ0v) is 15.0. The maximum Gasteiger partial charge on any atom is 0.239 e. The molecule has 136 valence electrons. The Bertz CT molecular complexity index is 709. The molecular weight excluding hydrogens is 324 g/mol. The predicted octanol–water partition coefficient (Wildman–Crippen LogP) is 2.49. The number of anilines is 1. The van der Waals surface area contributed by atoms with Crippen molar-refractivity contribution in [3.8, 4) is 0 Å². The van der Waals surface area contributed by atoms with Crippen LogP contribution in [0.25, 0.3) is 0 Å². The molecular formula is C21H26N4O. The Labute approximate surface area is 154 Å². The molecule has 4 rings (SSSR count). The average molecular weight is 350 g/mol. The third-order valence-corrected chi connectivity index (χ3v) is 5.39. The zero-order chi connectivity index (χ0) is 17.8. The smallest absolute Gasteiger partial charge is 0.239 e. The number of carbonyl (C=O) groups excluding carboxylic acids is 1. The van der Waals surface area contributed by atoms with E-state index in [1.54, 1.807) is 6.20 Å². The molecule has 2 atom stereocenters. The number of carbonyl (C=O) groups is 1. The molecule has 2 bridgehead atoms. The van der Waals surface area contributed by atoms with Crippen LogP contribution in [0.4, 0.5) is 5.69 Å². The van der Waals surface area contributed by atoms with Gasteiger partial charge in [0.1, 0.15) is 0 Å². The van der Waals surface area contributed by atoms with E-state index in [0.717, 1.165) is 24.1 Å². The minimum Gasteiger partial charge on any atom is -0.358 e. The summed E-state index contributed by atoms with van der Waals surface area (Å²) in [5.41, 5.74) is 2.15. The Hall–Kier alpha value is -2.40. The quantitative estimate of drug-likeness (QED) is 0.840. The van der Waals surface area contributed by atoms with Crippen LogP contribution in [0.5, 0.6) is 0 Å². The van der Waals surface area contributed by atoms with Crippen molar-refractivity contribution in [3.05, 3.63) is 60.4 Å². The first kappa shape index (κ1) is 17.0. The highest BCUT2D eigenvalue weighted by molar-refractivity contribution is 5.81. The number of nitrogens with zero attached hydrogens (tertiary/aromatic N) is 2. The van der Waals surface area contributed by atoms with Gasteiger partial charge in [0.15, 0.2) is 0 Å². The minimum absolute atomic E-state index is 0.101. The van der Waals surface area contributed by atoms with Gasteiger partial charge in [0.2, 0.25) is 5.91 Å². The van der Waals surface area contributed by atoms with Crippen LogP contribution in [0.3, 0.4) is 0 Å². The van der Waals surface area contributed by atoms with E-state index in [4.69, 9.17) is 0 Å². The maximum absolute atomic E-state index is 12.7. The second-order valence-corrected chi connectivity index (χ2v) is 7.43. The summed E-state index contributed by atoms with van der Waals surface area (Å²) >= 11 is 0. The molecule has 3 heterocycles. The molecule has 5 nitrogen and oxygen atoms in total. The number of para-hydroxylation sites is 1. The average Bonchev–Trinajstić information content (AvgIpc) is 3.01.